The zero-order chi connectivity index (χ0) is 15.4. The van der Waals surface area contributed by atoms with Crippen molar-refractivity contribution in [3.63, 3.8) is 0 Å². The topological polar surface area (TPSA) is 55.2 Å². The van der Waals surface area contributed by atoms with Crippen LogP contribution < -0.4 is 5.32 Å². The van der Waals surface area contributed by atoms with Gasteiger partial charge in [-0.15, -0.1) is 0 Å². The Hall–Kier alpha value is -0.940. The molecule has 0 fully saturated rings. The van der Waals surface area contributed by atoms with Gasteiger partial charge in [-0.25, -0.2) is 0 Å². The molecule has 0 aliphatic carbocycles. The lowest BCUT2D eigenvalue weighted by Gasteiger charge is -2.12. The maximum absolute atomic E-state index is 10.8. The summed E-state index contributed by atoms with van der Waals surface area (Å²) >= 11 is 22.6. The number of nitrogens with one attached hydrogen (secondary N) is 1. The molecule has 0 amide bonds. The monoisotopic (exact) mass is 354 g/mol. The number of rotatable bonds is 4. The van der Waals surface area contributed by atoms with Crippen LogP contribution in [0.15, 0.2) is 38.6 Å². The molecule has 1 aromatic rings. The molecule has 0 radical (unpaired) electrons. The second-order valence-electron chi connectivity index (χ2n) is 3.94. The normalized spacial score (nSPS) is 11.7. The molecule has 108 valence electrons. The van der Waals surface area contributed by atoms with Gasteiger partial charge in [-0.05, 0) is 37.1 Å². The summed E-state index contributed by atoms with van der Waals surface area (Å²) in [6, 6.07) is 5.49. The van der Waals surface area contributed by atoms with E-state index >= 15 is 0 Å². The summed E-state index contributed by atoms with van der Waals surface area (Å²) in [4.78, 5) is 10.0. The van der Waals surface area contributed by atoms with Crippen molar-refractivity contribution < 1.29 is 4.92 Å². The van der Waals surface area contributed by atoms with Gasteiger partial charge in [0.1, 0.15) is 9.52 Å². The number of hydrogen-bond donors (Lipinski definition) is 1. The summed E-state index contributed by atoms with van der Waals surface area (Å²) in [5, 5.41) is 12.7. The maximum atomic E-state index is 10.8. The van der Waals surface area contributed by atoms with Crippen LogP contribution in [0, 0.1) is 24.0 Å². The van der Waals surface area contributed by atoms with Crippen LogP contribution in [0.1, 0.15) is 11.1 Å². The number of hydrogen-bond acceptors (Lipinski definition) is 3. The van der Waals surface area contributed by atoms with E-state index in [1.807, 2.05) is 26.0 Å². The van der Waals surface area contributed by atoms with Gasteiger partial charge in [0.15, 0.2) is 5.70 Å². The van der Waals surface area contributed by atoms with Crippen molar-refractivity contribution in [2.24, 2.45) is 0 Å². The van der Waals surface area contributed by atoms with Crippen LogP contribution in [-0.2, 0) is 0 Å². The van der Waals surface area contributed by atoms with Gasteiger partial charge in [0.25, 0.3) is 0 Å². The zero-order valence-electron chi connectivity index (χ0n) is 10.5. The van der Waals surface area contributed by atoms with Crippen molar-refractivity contribution in [2.45, 2.75) is 13.8 Å². The average molecular weight is 356 g/mol. The SMILES string of the molecule is Cc1ccc(N/C(C(Cl)=C(Cl)Cl)=C(\Cl)[N+](=O)[O-])c(C)c1. The molecular weight excluding hydrogens is 346 g/mol. The fourth-order valence-electron chi connectivity index (χ4n) is 1.47. The molecule has 0 aromatic heterocycles. The molecule has 0 bridgehead atoms. The average Bonchev–Trinajstić information content (AvgIpc) is 2.36. The summed E-state index contributed by atoms with van der Waals surface area (Å²) in [7, 11) is 0. The largest absolute Gasteiger partial charge is 0.362 e. The van der Waals surface area contributed by atoms with Crippen LogP contribution >= 0.6 is 46.4 Å². The molecular formula is C12H10Cl4N2O2. The molecule has 0 unspecified atom stereocenters. The molecule has 8 heteroatoms. The Bertz CT molecular complexity index is 607. The highest BCUT2D eigenvalue weighted by Crippen LogP contribution is 2.31. The summed E-state index contributed by atoms with van der Waals surface area (Å²) in [5.41, 5.74) is 2.37. The molecule has 0 spiro atoms. The van der Waals surface area contributed by atoms with Crippen LogP contribution in [0.3, 0.4) is 0 Å². The summed E-state index contributed by atoms with van der Waals surface area (Å²) < 4.78 is -0.320. The smallest absolute Gasteiger partial charge is 0.348 e. The highest BCUT2D eigenvalue weighted by atomic mass is 35.5. The van der Waals surface area contributed by atoms with Crippen LogP contribution in [0.25, 0.3) is 0 Å². The van der Waals surface area contributed by atoms with E-state index in [1.54, 1.807) is 6.07 Å². The van der Waals surface area contributed by atoms with Gasteiger partial charge in [-0.1, -0.05) is 52.5 Å². The molecule has 0 saturated heterocycles. The fourth-order valence-corrected chi connectivity index (χ4v) is 1.99. The highest BCUT2D eigenvalue weighted by molar-refractivity contribution is 6.60. The minimum Gasteiger partial charge on any atom is -0.348 e. The van der Waals surface area contributed by atoms with E-state index in [4.69, 9.17) is 46.4 Å². The Kier molecular flexibility index (Phi) is 6.14. The minimum atomic E-state index is -0.785. The van der Waals surface area contributed by atoms with E-state index in [0.29, 0.717) is 5.69 Å². The highest BCUT2D eigenvalue weighted by Gasteiger charge is 2.21. The Morgan fingerprint density at radius 2 is 1.80 bits per heavy atom. The van der Waals surface area contributed by atoms with Crippen LogP contribution in [0.5, 0.6) is 0 Å². The van der Waals surface area contributed by atoms with Gasteiger partial charge in [0.2, 0.25) is 0 Å². The van der Waals surface area contributed by atoms with Gasteiger partial charge in [0, 0.05) is 5.69 Å². The van der Waals surface area contributed by atoms with Gasteiger partial charge < -0.3 is 5.32 Å². The number of nitrogens with zero attached hydrogens (tertiary/aromatic N) is 1. The quantitative estimate of drug-likeness (QED) is 0.345. The maximum Gasteiger partial charge on any atom is 0.362 e. The predicted octanol–water partition coefficient (Wildman–Crippen LogP) is 5.29. The Morgan fingerprint density at radius 1 is 1.20 bits per heavy atom. The molecule has 1 rings (SSSR count). The van der Waals surface area contributed by atoms with Crippen LogP contribution in [-0.4, -0.2) is 4.92 Å². The number of aryl methyl sites for hydroxylation is 2. The van der Waals surface area contributed by atoms with Crippen molar-refractivity contribution in [3.8, 4) is 0 Å². The molecule has 0 aliphatic rings. The third-order valence-electron chi connectivity index (χ3n) is 2.39. The predicted molar refractivity (Wildman–Crippen MR) is 84.0 cm³/mol. The van der Waals surface area contributed by atoms with Gasteiger partial charge in [-0.2, -0.15) is 0 Å². The summed E-state index contributed by atoms with van der Waals surface area (Å²) in [5.74, 6) is 0. The standard InChI is InChI=1S/C12H10Cl4N2O2/c1-6-3-4-8(7(2)5-6)17-10(9(13)11(14)15)12(16)18(19)20/h3-5,17H,1-2H3/b12-10+. The van der Waals surface area contributed by atoms with E-state index in [-0.39, 0.29) is 15.2 Å². The Balaban J connectivity index is 3.32. The molecule has 1 aromatic carbocycles. The lowest BCUT2D eigenvalue weighted by molar-refractivity contribution is -0.413. The molecule has 0 atom stereocenters. The van der Waals surface area contributed by atoms with Crippen molar-refractivity contribution in [2.75, 3.05) is 5.32 Å². The number of benzene rings is 1. The fraction of sp³-hybridized carbons (Fsp3) is 0.167. The summed E-state index contributed by atoms with van der Waals surface area (Å²) in [6.07, 6.45) is 0. The lowest BCUT2D eigenvalue weighted by atomic mass is 10.1. The van der Waals surface area contributed by atoms with Crippen molar-refractivity contribution in [1.82, 2.24) is 0 Å². The lowest BCUT2D eigenvalue weighted by Crippen LogP contribution is -2.08. The third-order valence-corrected chi connectivity index (χ3v) is 3.67. The van der Waals surface area contributed by atoms with Crippen molar-refractivity contribution >= 4 is 52.1 Å². The second-order valence-corrected chi connectivity index (χ2v) is 5.63. The number of allylic oxidation sites excluding steroid dienone is 1. The van der Waals surface area contributed by atoms with Crippen LogP contribution in [0.2, 0.25) is 0 Å². The molecule has 0 saturated carbocycles. The third kappa shape index (κ3) is 4.28. The molecule has 0 heterocycles. The molecule has 4 nitrogen and oxygen atoms in total. The van der Waals surface area contributed by atoms with E-state index in [2.05, 4.69) is 5.32 Å². The van der Waals surface area contributed by atoms with Crippen molar-refractivity contribution in [1.29, 1.82) is 0 Å². The van der Waals surface area contributed by atoms with Gasteiger partial charge in [0.05, 0.1) is 4.92 Å². The van der Waals surface area contributed by atoms with Crippen LogP contribution in [0.4, 0.5) is 5.69 Å². The molecule has 20 heavy (non-hydrogen) atoms. The van der Waals surface area contributed by atoms with E-state index < -0.39 is 10.1 Å². The number of halogens is 4. The van der Waals surface area contributed by atoms with Crippen molar-refractivity contribution in [3.05, 3.63) is 59.8 Å². The van der Waals surface area contributed by atoms with Gasteiger partial charge in [-0.3, -0.25) is 10.1 Å². The van der Waals surface area contributed by atoms with E-state index in [9.17, 15) is 10.1 Å². The zero-order valence-corrected chi connectivity index (χ0v) is 13.5. The minimum absolute atomic E-state index is 0.162. The van der Waals surface area contributed by atoms with E-state index in [0.717, 1.165) is 11.1 Å². The van der Waals surface area contributed by atoms with E-state index in [1.165, 1.54) is 0 Å². The Morgan fingerprint density at radius 3 is 2.25 bits per heavy atom. The first kappa shape index (κ1) is 17.1. The first-order valence-corrected chi connectivity index (χ1v) is 6.84. The first-order chi connectivity index (χ1) is 9.23. The van der Waals surface area contributed by atoms with Gasteiger partial charge >= 0.3 is 5.16 Å². The molecule has 0 aliphatic heterocycles. The summed E-state index contributed by atoms with van der Waals surface area (Å²) in [6.45, 7) is 3.77. The first-order valence-electron chi connectivity index (χ1n) is 5.33. The second kappa shape index (κ2) is 7.18. The molecule has 1 N–H and O–H groups in total. The number of nitro groups is 1. The number of anilines is 1. The Labute approximate surface area is 136 Å².